The van der Waals surface area contributed by atoms with Crippen molar-refractivity contribution in [3.63, 3.8) is 0 Å². The Kier molecular flexibility index (Phi) is 6.10. The summed E-state index contributed by atoms with van der Waals surface area (Å²) in [6.45, 7) is 5.12. The SMILES string of the molecule is CC(C)(C)C(=O)NCCC(=O)N(CC(=O)O)c1ccccc1. The van der Waals surface area contributed by atoms with Crippen molar-refractivity contribution in [1.82, 2.24) is 5.32 Å². The Balaban J connectivity index is 2.66. The number of aliphatic carboxylic acids is 1. The van der Waals surface area contributed by atoms with Crippen molar-refractivity contribution >= 4 is 23.5 Å². The molecule has 0 spiro atoms. The molecule has 0 aliphatic heterocycles. The van der Waals surface area contributed by atoms with Gasteiger partial charge in [-0.2, -0.15) is 0 Å². The first-order chi connectivity index (χ1) is 10.2. The lowest BCUT2D eigenvalue weighted by Gasteiger charge is -2.22. The Labute approximate surface area is 130 Å². The first-order valence-electron chi connectivity index (χ1n) is 7.07. The van der Waals surface area contributed by atoms with Gasteiger partial charge in [0.25, 0.3) is 0 Å². The number of benzene rings is 1. The number of nitrogens with one attached hydrogen (secondary N) is 1. The Morgan fingerprint density at radius 1 is 1.14 bits per heavy atom. The minimum absolute atomic E-state index is 0.0456. The predicted molar refractivity (Wildman–Crippen MR) is 83.5 cm³/mol. The summed E-state index contributed by atoms with van der Waals surface area (Å²) in [5.41, 5.74) is 0.000470. The van der Waals surface area contributed by atoms with Crippen LogP contribution >= 0.6 is 0 Å². The quantitative estimate of drug-likeness (QED) is 0.837. The summed E-state index contributed by atoms with van der Waals surface area (Å²) in [6, 6.07) is 8.61. The van der Waals surface area contributed by atoms with E-state index < -0.39 is 17.9 Å². The number of para-hydroxylation sites is 1. The fraction of sp³-hybridized carbons (Fsp3) is 0.438. The number of carbonyl (C=O) groups is 3. The highest BCUT2D eigenvalue weighted by atomic mass is 16.4. The van der Waals surface area contributed by atoms with Gasteiger partial charge in [0.1, 0.15) is 6.54 Å². The molecule has 0 fully saturated rings. The van der Waals surface area contributed by atoms with Crippen LogP contribution < -0.4 is 10.2 Å². The van der Waals surface area contributed by atoms with Gasteiger partial charge in [0.2, 0.25) is 11.8 Å². The lowest BCUT2D eigenvalue weighted by molar-refractivity contribution is -0.136. The maximum absolute atomic E-state index is 12.2. The van der Waals surface area contributed by atoms with Gasteiger partial charge in [-0.05, 0) is 12.1 Å². The van der Waals surface area contributed by atoms with Crippen molar-refractivity contribution in [1.29, 1.82) is 0 Å². The molecule has 120 valence electrons. The average molecular weight is 306 g/mol. The van der Waals surface area contributed by atoms with Crippen LogP contribution in [0.3, 0.4) is 0 Å². The van der Waals surface area contributed by atoms with Crippen LogP contribution in [0.2, 0.25) is 0 Å². The summed E-state index contributed by atoms with van der Waals surface area (Å²) >= 11 is 0. The standard InChI is InChI=1S/C16H22N2O4/c1-16(2,3)15(22)17-10-9-13(19)18(11-14(20)21)12-7-5-4-6-8-12/h4-8H,9-11H2,1-3H3,(H,17,22)(H,20,21). The molecule has 2 N–H and O–H groups in total. The molecule has 1 rings (SSSR count). The molecule has 0 aliphatic rings. The van der Waals surface area contributed by atoms with Crippen molar-refractivity contribution < 1.29 is 19.5 Å². The third-order valence-corrected chi connectivity index (χ3v) is 2.97. The molecule has 6 nitrogen and oxygen atoms in total. The van der Waals surface area contributed by atoms with Crippen molar-refractivity contribution in [3.05, 3.63) is 30.3 Å². The fourth-order valence-corrected chi connectivity index (χ4v) is 1.75. The van der Waals surface area contributed by atoms with E-state index in [1.807, 2.05) is 0 Å². The molecule has 0 unspecified atom stereocenters. The van der Waals surface area contributed by atoms with Gasteiger partial charge in [-0.3, -0.25) is 14.4 Å². The zero-order valence-electron chi connectivity index (χ0n) is 13.1. The second-order valence-electron chi connectivity index (χ2n) is 5.97. The molecule has 0 bridgehead atoms. The molecule has 0 aliphatic carbocycles. The number of amides is 2. The molecule has 0 saturated heterocycles. The average Bonchev–Trinajstić information content (AvgIpc) is 2.44. The maximum Gasteiger partial charge on any atom is 0.323 e. The van der Waals surface area contributed by atoms with Crippen LogP contribution in [-0.2, 0) is 14.4 Å². The van der Waals surface area contributed by atoms with E-state index in [9.17, 15) is 14.4 Å². The normalized spacial score (nSPS) is 10.9. The number of anilines is 1. The van der Waals surface area contributed by atoms with Crippen LogP contribution in [0.4, 0.5) is 5.69 Å². The Hall–Kier alpha value is -2.37. The highest BCUT2D eigenvalue weighted by Gasteiger charge is 2.22. The smallest absolute Gasteiger partial charge is 0.323 e. The van der Waals surface area contributed by atoms with Gasteiger partial charge < -0.3 is 15.3 Å². The molecule has 0 radical (unpaired) electrons. The van der Waals surface area contributed by atoms with Gasteiger partial charge in [0, 0.05) is 24.1 Å². The minimum Gasteiger partial charge on any atom is -0.480 e. The molecule has 0 aromatic heterocycles. The number of hydrogen-bond acceptors (Lipinski definition) is 3. The molecule has 0 heterocycles. The van der Waals surface area contributed by atoms with E-state index in [0.717, 1.165) is 0 Å². The van der Waals surface area contributed by atoms with E-state index in [1.165, 1.54) is 4.90 Å². The zero-order chi connectivity index (χ0) is 16.8. The van der Waals surface area contributed by atoms with Crippen molar-refractivity contribution in [2.45, 2.75) is 27.2 Å². The summed E-state index contributed by atoms with van der Waals surface area (Å²) in [6.07, 6.45) is 0.0456. The third kappa shape index (κ3) is 5.55. The topological polar surface area (TPSA) is 86.7 Å². The monoisotopic (exact) mass is 306 g/mol. The first kappa shape index (κ1) is 17.7. The summed E-state index contributed by atoms with van der Waals surface area (Å²) in [5, 5.41) is 11.6. The maximum atomic E-state index is 12.2. The summed E-state index contributed by atoms with van der Waals surface area (Å²) < 4.78 is 0. The Morgan fingerprint density at radius 2 is 1.73 bits per heavy atom. The van der Waals surface area contributed by atoms with E-state index >= 15 is 0 Å². The second-order valence-corrected chi connectivity index (χ2v) is 5.97. The van der Waals surface area contributed by atoms with Gasteiger partial charge in [0.05, 0.1) is 0 Å². The number of carboxylic acid groups (broad SMARTS) is 1. The number of nitrogens with zero attached hydrogens (tertiary/aromatic N) is 1. The summed E-state index contributed by atoms with van der Waals surface area (Å²) in [7, 11) is 0. The van der Waals surface area contributed by atoms with Crippen LogP contribution in [0, 0.1) is 5.41 Å². The van der Waals surface area contributed by atoms with Gasteiger partial charge in [-0.15, -0.1) is 0 Å². The minimum atomic E-state index is -1.09. The molecule has 22 heavy (non-hydrogen) atoms. The second kappa shape index (κ2) is 7.59. The van der Waals surface area contributed by atoms with Gasteiger partial charge in [-0.1, -0.05) is 39.0 Å². The molecule has 1 aromatic rings. The van der Waals surface area contributed by atoms with Crippen LogP contribution in [0.25, 0.3) is 0 Å². The summed E-state index contributed by atoms with van der Waals surface area (Å²) in [5.74, 6) is -1.58. The van der Waals surface area contributed by atoms with Crippen LogP contribution in [-0.4, -0.2) is 36.0 Å². The van der Waals surface area contributed by atoms with E-state index in [2.05, 4.69) is 5.32 Å². The zero-order valence-corrected chi connectivity index (χ0v) is 13.1. The van der Waals surface area contributed by atoms with Gasteiger partial charge in [-0.25, -0.2) is 0 Å². The predicted octanol–water partition coefficient (Wildman–Crippen LogP) is 1.66. The lowest BCUT2D eigenvalue weighted by atomic mass is 9.96. The molecule has 6 heteroatoms. The molecular formula is C16H22N2O4. The molecular weight excluding hydrogens is 284 g/mol. The van der Waals surface area contributed by atoms with Crippen molar-refractivity contribution in [2.24, 2.45) is 5.41 Å². The summed E-state index contributed by atoms with van der Waals surface area (Å²) in [4.78, 5) is 36.1. The Bertz CT molecular complexity index is 535. The van der Waals surface area contributed by atoms with E-state index in [0.29, 0.717) is 5.69 Å². The van der Waals surface area contributed by atoms with Crippen LogP contribution in [0.5, 0.6) is 0 Å². The number of hydrogen-bond donors (Lipinski definition) is 2. The number of carboxylic acids is 1. The van der Waals surface area contributed by atoms with E-state index in [1.54, 1.807) is 51.1 Å². The number of carbonyl (C=O) groups excluding carboxylic acids is 2. The third-order valence-electron chi connectivity index (χ3n) is 2.97. The molecule has 2 amide bonds. The van der Waals surface area contributed by atoms with Gasteiger partial charge >= 0.3 is 5.97 Å². The van der Waals surface area contributed by atoms with Crippen molar-refractivity contribution in [2.75, 3.05) is 18.0 Å². The first-order valence-corrected chi connectivity index (χ1v) is 7.07. The largest absolute Gasteiger partial charge is 0.480 e. The molecule has 0 atom stereocenters. The highest BCUT2D eigenvalue weighted by Crippen LogP contribution is 2.15. The fourth-order valence-electron chi connectivity index (χ4n) is 1.75. The van der Waals surface area contributed by atoms with Crippen molar-refractivity contribution in [3.8, 4) is 0 Å². The number of rotatable bonds is 6. The highest BCUT2D eigenvalue weighted by molar-refractivity contribution is 5.97. The van der Waals surface area contributed by atoms with Crippen LogP contribution in [0.1, 0.15) is 27.2 Å². The van der Waals surface area contributed by atoms with E-state index in [4.69, 9.17) is 5.11 Å². The van der Waals surface area contributed by atoms with Gasteiger partial charge in [0.15, 0.2) is 0 Å². The molecule has 1 aromatic carbocycles. The lowest BCUT2D eigenvalue weighted by Crippen LogP contribution is -2.40. The van der Waals surface area contributed by atoms with E-state index in [-0.39, 0.29) is 24.8 Å². The Morgan fingerprint density at radius 3 is 2.23 bits per heavy atom. The molecule has 0 saturated carbocycles. The van der Waals surface area contributed by atoms with Crippen LogP contribution in [0.15, 0.2) is 30.3 Å².